The predicted molar refractivity (Wildman–Crippen MR) is 228 cm³/mol. The van der Waals surface area contributed by atoms with E-state index in [4.69, 9.17) is 9.10 Å². The van der Waals surface area contributed by atoms with Crippen molar-refractivity contribution >= 4 is 56.4 Å². The van der Waals surface area contributed by atoms with Crippen molar-refractivity contribution in [1.82, 2.24) is 9.97 Å². The summed E-state index contributed by atoms with van der Waals surface area (Å²) in [4.78, 5) is 9.02. The van der Waals surface area contributed by atoms with Crippen LogP contribution in [0.2, 0.25) is 19.6 Å². The van der Waals surface area contributed by atoms with Gasteiger partial charge in [-0.25, -0.2) is 0 Å². The summed E-state index contributed by atoms with van der Waals surface area (Å²) in [6.45, 7) is 4.93. The van der Waals surface area contributed by atoms with Crippen molar-refractivity contribution < 1.29 is 24.2 Å². The van der Waals surface area contributed by atoms with Gasteiger partial charge in [0.1, 0.15) is 0 Å². The summed E-state index contributed by atoms with van der Waals surface area (Å²) >= 11 is 0. The molecule has 0 aliphatic carbocycles. The number of rotatable bonds is 4. The summed E-state index contributed by atoms with van der Waals surface area (Å²) in [5.74, 6) is 0. The Hall–Kier alpha value is -5.25. The molecule has 263 valence electrons. The second-order valence-corrected chi connectivity index (χ2v) is 19.0. The molecule has 0 fully saturated rings. The molecular weight excluding hydrogens is 837 g/mol. The third-order valence-electron chi connectivity index (χ3n) is 9.59. The van der Waals surface area contributed by atoms with Crippen LogP contribution in [-0.4, -0.2) is 18.0 Å². The van der Waals surface area contributed by atoms with Gasteiger partial charge in [0.05, 0.1) is 13.8 Å². The molecule has 0 amide bonds. The molecule has 7 aromatic carbocycles. The molecular formula is C49H42IrN2Si-2. The first-order chi connectivity index (χ1) is 26.0. The van der Waals surface area contributed by atoms with Crippen LogP contribution in [-0.2, 0) is 20.1 Å². The summed E-state index contributed by atoms with van der Waals surface area (Å²) in [7, 11) is -1.40. The second-order valence-electron chi connectivity index (χ2n) is 14.0. The fourth-order valence-electron chi connectivity index (χ4n) is 6.89. The van der Waals surface area contributed by atoms with Crippen molar-refractivity contribution in [2.45, 2.75) is 26.5 Å². The molecule has 0 N–H and O–H groups in total. The molecule has 9 aromatic rings. The number of hydrogen-bond acceptors (Lipinski definition) is 2. The Balaban J connectivity index is 0.000000250. The summed E-state index contributed by atoms with van der Waals surface area (Å²) in [6, 6.07) is 57.9. The average molecular weight is 882 g/mol. The Morgan fingerprint density at radius 1 is 0.547 bits per heavy atom. The zero-order valence-corrected chi connectivity index (χ0v) is 33.7. The van der Waals surface area contributed by atoms with Crippen LogP contribution >= 0.6 is 0 Å². The van der Waals surface area contributed by atoms with E-state index in [1.807, 2.05) is 36.4 Å². The van der Waals surface area contributed by atoms with Crippen LogP contribution in [0.15, 0.2) is 164 Å². The van der Waals surface area contributed by atoms with E-state index in [1.165, 1.54) is 65.5 Å². The van der Waals surface area contributed by atoms with Crippen molar-refractivity contribution in [2.24, 2.45) is 0 Å². The number of hydrogen-bond donors (Lipinski definition) is 0. The normalized spacial score (nSPS) is 12.2. The smallest absolute Gasteiger partial charge is 0.0795 e. The van der Waals surface area contributed by atoms with E-state index in [0.717, 1.165) is 16.8 Å². The minimum Gasteiger partial charge on any atom is -0.358 e. The minimum absolute atomic E-state index is 0. The Bertz CT molecular complexity index is 2790. The van der Waals surface area contributed by atoms with Crippen LogP contribution in [0.3, 0.4) is 0 Å². The van der Waals surface area contributed by atoms with Gasteiger partial charge in [0.15, 0.2) is 0 Å². The molecule has 53 heavy (non-hydrogen) atoms. The monoisotopic (exact) mass is 882 g/mol. The molecule has 9 rings (SSSR count). The average Bonchev–Trinajstić information content (AvgIpc) is 3.20. The van der Waals surface area contributed by atoms with Gasteiger partial charge in [0, 0.05) is 41.7 Å². The molecule has 0 aliphatic heterocycles. The fourth-order valence-corrected chi connectivity index (χ4v) is 7.92. The third-order valence-corrected chi connectivity index (χ3v) is 11.6. The van der Waals surface area contributed by atoms with E-state index in [-0.39, 0.29) is 33.2 Å². The van der Waals surface area contributed by atoms with Gasteiger partial charge in [-0.3, -0.25) is 4.98 Å². The first-order valence-corrected chi connectivity index (χ1v) is 20.8. The number of aromatic nitrogens is 2. The van der Waals surface area contributed by atoms with Gasteiger partial charge in [0.2, 0.25) is 0 Å². The molecule has 0 saturated carbocycles. The fraction of sp³-hybridized carbons (Fsp3) is 0.0816. The maximum Gasteiger partial charge on any atom is 0.0795 e. The zero-order valence-electron chi connectivity index (χ0n) is 33.3. The van der Waals surface area contributed by atoms with Crippen LogP contribution < -0.4 is 5.19 Å². The maximum atomic E-state index is 7.30. The molecule has 0 saturated heterocycles. The molecule has 0 unspecified atom stereocenters. The van der Waals surface area contributed by atoms with Gasteiger partial charge < -0.3 is 12.4 Å². The molecule has 2 aromatic heterocycles. The van der Waals surface area contributed by atoms with Crippen LogP contribution in [0.25, 0.3) is 76.7 Å². The van der Waals surface area contributed by atoms with E-state index < -0.39 is 14.9 Å². The van der Waals surface area contributed by atoms with Crippen molar-refractivity contribution in [3.05, 3.63) is 183 Å². The Morgan fingerprint density at radius 3 is 1.94 bits per heavy atom. The van der Waals surface area contributed by atoms with Crippen LogP contribution in [0, 0.1) is 20.3 Å². The van der Waals surface area contributed by atoms with Crippen LogP contribution in [0.4, 0.5) is 0 Å². The first-order valence-electron chi connectivity index (χ1n) is 18.8. The maximum absolute atomic E-state index is 7.30. The van der Waals surface area contributed by atoms with Crippen molar-refractivity contribution in [3.8, 4) is 33.6 Å². The number of pyridine rings is 2. The Kier molecular flexibility index (Phi) is 9.99. The van der Waals surface area contributed by atoms with Crippen LogP contribution in [0.5, 0.6) is 0 Å². The molecule has 0 bridgehead atoms. The topological polar surface area (TPSA) is 25.8 Å². The molecule has 1 radical (unpaired) electrons. The van der Waals surface area contributed by atoms with Gasteiger partial charge in [-0.2, -0.15) is 0 Å². The quantitative estimate of drug-likeness (QED) is 0.1000. The first kappa shape index (κ1) is 33.6. The number of nitrogens with zero attached hydrogens (tertiary/aromatic N) is 2. The van der Waals surface area contributed by atoms with Crippen molar-refractivity contribution in [2.75, 3.05) is 0 Å². The second kappa shape index (κ2) is 15.8. The minimum atomic E-state index is -2.15. The number of fused-ring (bicyclic) bond motifs is 7. The molecule has 0 atom stereocenters. The molecule has 4 heteroatoms. The SMILES string of the molecule is C[Si](C)(C)c1ccc(-c2[c-]cc3c4ccccc4c4ccc(-c5cccc6ccccc56)cc4c3c2)nc1.[2H]C([2H])([2H])c1cccc(-c2ccccc2)n1.[CH3-].[Ir]. The van der Waals surface area contributed by atoms with Crippen molar-refractivity contribution in [1.29, 1.82) is 0 Å². The van der Waals surface area contributed by atoms with Gasteiger partial charge in [-0.15, -0.1) is 23.8 Å². The molecule has 2 nitrogen and oxygen atoms in total. The van der Waals surface area contributed by atoms with Gasteiger partial charge in [-0.1, -0.05) is 163 Å². The summed E-state index contributed by atoms with van der Waals surface area (Å²) in [6.07, 6.45) is 2.07. The van der Waals surface area contributed by atoms with Gasteiger partial charge >= 0.3 is 0 Å². The zero-order chi connectivity index (χ0) is 37.5. The predicted octanol–water partition coefficient (Wildman–Crippen LogP) is 12.9. The Morgan fingerprint density at radius 2 is 1.21 bits per heavy atom. The Labute approximate surface area is 332 Å². The van der Waals surface area contributed by atoms with Gasteiger partial charge in [-0.05, 0) is 74.0 Å². The third kappa shape index (κ3) is 7.63. The van der Waals surface area contributed by atoms with Crippen LogP contribution in [0.1, 0.15) is 9.81 Å². The summed E-state index contributed by atoms with van der Waals surface area (Å²) in [5, 5.41) is 11.5. The van der Waals surface area contributed by atoms with E-state index in [0.29, 0.717) is 5.69 Å². The number of benzene rings is 7. The summed E-state index contributed by atoms with van der Waals surface area (Å²) < 4.78 is 21.9. The van der Waals surface area contributed by atoms with E-state index >= 15 is 0 Å². The number of aryl methyl sites for hydroxylation is 1. The van der Waals surface area contributed by atoms with Crippen molar-refractivity contribution in [3.63, 3.8) is 0 Å². The molecule has 2 heterocycles. The van der Waals surface area contributed by atoms with E-state index in [1.54, 1.807) is 6.07 Å². The molecule has 0 spiro atoms. The van der Waals surface area contributed by atoms with Gasteiger partial charge in [0.25, 0.3) is 0 Å². The largest absolute Gasteiger partial charge is 0.358 e. The standard InChI is InChI=1S/C36H28NSi.C12H11N.CH3.Ir/c1-38(2,3)27-17-20-36(37-23-27)26-16-19-33-31-13-7-6-12-30(31)32-18-15-25(21-34(32)35(33)22-26)29-14-8-10-24-9-4-5-11-28(24)29;1-10-6-5-9-12(13-10)11-7-3-2-4-8-11;;/h4-15,17-23H,1-3H3;2-9H,1H3;1H3;/q-1;;-1;/i;1D3;;. The van der Waals surface area contributed by atoms with E-state index in [2.05, 4.69) is 146 Å². The van der Waals surface area contributed by atoms with E-state index in [9.17, 15) is 0 Å². The molecule has 0 aliphatic rings. The summed E-state index contributed by atoms with van der Waals surface area (Å²) in [5.41, 5.74) is 6.25.